The predicted molar refractivity (Wildman–Crippen MR) is 126 cm³/mol. The van der Waals surface area contributed by atoms with Crippen LogP contribution in [0.5, 0.6) is 0 Å². The van der Waals surface area contributed by atoms with Crippen LogP contribution in [0.3, 0.4) is 0 Å². The first-order chi connectivity index (χ1) is 16.5. The van der Waals surface area contributed by atoms with Crippen molar-refractivity contribution in [1.29, 1.82) is 0 Å². The first-order valence-corrected chi connectivity index (χ1v) is 11.7. The number of benzene rings is 1. The highest BCUT2D eigenvalue weighted by Crippen LogP contribution is 2.18. The van der Waals surface area contributed by atoms with Crippen LogP contribution in [0.4, 0.5) is 5.82 Å². The molecule has 0 aliphatic carbocycles. The molecule has 2 aliphatic heterocycles. The lowest BCUT2D eigenvalue weighted by molar-refractivity contribution is -0.135. The quantitative estimate of drug-likeness (QED) is 0.427. The fourth-order valence-corrected chi connectivity index (χ4v) is 4.52. The van der Waals surface area contributed by atoms with Crippen molar-refractivity contribution in [3.8, 4) is 0 Å². The van der Waals surface area contributed by atoms with Gasteiger partial charge in [-0.25, -0.2) is 9.97 Å². The normalized spacial score (nSPS) is 17.6. The minimum absolute atomic E-state index is 0.116. The molecule has 1 saturated heterocycles. The largest absolute Gasteiger partial charge is 0.390 e. The number of amides is 2. The minimum atomic E-state index is -0.680. The van der Waals surface area contributed by atoms with Crippen molar-refractivity contribution in [3.05, 3.63) is 53.5 Å². The van der Waals surface area contributed by atoms with Gasteiger partial charge in [-0.05, 0) is 30.4 Å². The number of aliphatic hydroxyl groups is 2. The van der Waals surface area contributed by atoms with E-state index in [9.17, 15) is 14.7 Å². The number of aliphatic hydroxyl groups excluding tert-OH is 2. The van der Waals surface area contributed by atoms with E-state index in [1.807, 2.05) is 6.07 Å². The van der Waals surface area contributed by atoms with Gasteiger partial charge in [-0.2, -0.15) is 0 Å². The number of aromatic nitrogens is 2. The first-order valence-electron chi connectivity index (χ1n) is 11.7. The van der Waals surface area contributed by atoms with Crippen molar-refractivity contribution >= 4 is 17.6 Å². The summed E-state index contributed by atoms with van der Waals surface area (Å²) < 4.78 is 0. The molecule has 2 aromatic rings. The van der Waals surface area contributed by atoms with Crippen molar-refractivity contribution in [3.63, 3.8) is 0 Å². The third kappa shape index (κ3) is 6.28. The van der Waals surface area contributed by atoms with E-state index in [1.165, 1.54) is 17.5 Å². The Balaban J connectivity index is 1.22. The average Bonchev–Trinajstić information content (AvgIpc) is 2.87. The first kappa shape index (κ1) is 24.1. The van der Waals surface area contributed by atoms with E-state index in [1.54, 1.807) is 11.0 Å². The predicted octanol–water partition coefficient (Wildman–Crippen LogP) is 0.0208. The van der Waals surface area contributed by atoms with Crippen molar-refractivity contribution in [2.24, 2.45) is 0 Å². The molecule has 4 rings (SSSR count). The zero-order chi connectivity index (χ0) is 23.9. The SMILES string of the molecule is O=C(NC[C@H](O)CN1CCc2ccccc2C1)c1cc(NC2CCN(C(=O)CO)CC2)ncn1. The Kier molecular flexibility index (Phi) is 8.04. The highest BCUT2D eigenvalue weighted by molar-refractivity contribution is 5.92. The molecule has 0 saturated carbocycles. The Morgan fingerprint density at radius 3 is 2.65 bits per heavy atom. The lowest BCUT2D eigenvalue weighted by Gasteiger charge is -2.32. The van der Waals surface area contributed by atoms with Crippen LogP contribution < -0.4 is 10.6 Å². The number of β-amino-alcohol motifs (C(OH)–C–C–N with tert-alkyl or cyclic N) is 1. The van der Waals surface area contributed by atoms with Crippen LogP contribution >= 0.6 is 0 Å². The van der Waals surface area contributed by atoms with Crippen LogP contribution in [0.25, 0.3) is 0 Å². The summed E-state index contributed by atoms with van der Waals surface area (Å²) in [5.41, 5.74) is 2.88. The molecule has 1 aromatic carbocycles. The Bertz CT molecular complexity index is 995. The van der Waals surface area contributed by atoms with Crippen LogP contribution in [0.15, 0.2) is 36.7 Å². The summed E-state index contributed by atoms with van der Waals surface area (Å²) in [6, 6.07) is 10.1. The summed E-state index contributed by atoms with van der Waals surface area (Å²) in [7, 11) is 0. The topological polar surface area (TPSA) is 131 Å². The molecule has 2 amide bonds. The number of carbonyl (C=O) groups is 2. The smallest absolute Gasteiger partial charge is 0.270 e. The fourth-order valence-electron chi connectivity index (χ4n) is 4.52. The monoisotopic (exact) mass is 468 g/mol. The molecule has 182 valence electrons. The van der Waals surface area contributed by atoms with E-state index >= 15 is 0 Å². The van der Waals surface area contributed by atoms with E-state index in [2.05, 4.69) is 43.7 Å². The van der Waals surface area contributed by atoms with Gasteiger partial charge in [0.2, 0.25) is 5.91 Å². The zero-order valence-electron chi connectivity index (χ0n) is 19.2. The van der Waals surface area contributed by atoms with E-state index in [0.717, 1.165) is 32.4 Å². The minimum Gasteiger partial charge on any atom is -0.390 e. The Morgan fingerprint density at radius 2 is 1.88 bits per heavy atom. The van der Waals surface area contributed by atoms with Gasteiger partial charge in [0, 0.05) is 51.4 Å². The summed E-state index contributed by atoms with van der Waals surface area (Å²) in [5.74, 6) is -0.0804. The highest BCUT2D eigenvalue weighted by Gasteiger charge is 2.23. The maximum absolute atomic E-state index is 12.6. The fraction of sp³-hybridized carbons (Fsp3) is 0.500. The summed E-state index contributed by atoms with van der Waals surface area (Å²) in [5, 5.41) is 25.5. The molecule has 0 bridgehead atoms. The van der Waals surface area contributed by atoms with Crippen LogP contribution in [-0.4, -0.2) is 93.3 Å². The van der Waals surface area contributed by atoms with E-state index in [0.29, 0.717) is 25.5 Å². The number of carbonyl (C=O) groups excluding carboxylic acids is 2. The third-order valence-corrected chi connectivity index (χ3v) is 6.41. The van der Waals surface area contributed by atoms with E-state index in [4.69, 9.17) is 5.11 Å². The maximum Gasteiger partial charge on any atom is 0.270 e. The number of hydrogen-bond acceptors (Lipinski definition) is 8. The van der Waals surface area contributed by atoms with Crippen LogP contribution in [0, 0.1) is 0 Å². The molecule has 4 N–H and O–H groups in total. The van der Waals surface area contributed by atoms with Crippen molar-refractivity contribution in [1.82, 2.24) is 25.1 Å². The standard InChI is InChI=1S/C24H32N6O4/c31-15-23(33)30-9-6-19(7-10-30)28-22-11-21(26-16-27-22)24(34)25-12-20(32)14-29-8-5-17-3-1-2-4-18(17)13-29/h1-4,11,16,19-20,31-32H,5-10,12-15H2,(H,25,34)(H,26,27,28)/t20-/m0/s1. The van der Waals surface area contributed by atoms with E-state index < -0.39 is 12.7 Å². The van der Waals surface area contributed by atoms with E-state index in [-0.39, 0.29) is 30.1 Å². The van der Waals surface area contributed by atoms with Gasteiger partial charge in [0.25, 0.3) is 5.91 Å². The second-order valence-electron chi connectivity index (χ2n) is 8.86. The molecule has 34 heavy (non-hydrogen) atoms. The van der Waals surface area contributed by atoms with Gasteiger partial charge < -0.3 is 25.7 Å². The highest BCUT2D eigenvalue weighted by atomic mass is 16.3. The van der Waals surface area contributed by atoms with Gasteiger partial charge in [-0.15, -0.1) is 0 Å². The Morgan fingerprint density at radius 1 is 1.12 bits per heavy atom. The second kappa shape index (κ2) is 11.4. The van der Waals surface area contributed by atoms with Gasteiger partial charge in [0.05, 0.1) is 6.10 Å². The summed E-state index contributed by atoms with van der Waals surface area (Å²) >= 11 is 0. The van der Waals surface area contributed by atoms with Crippen molar-refractivity contribution in [2.75, 3.05) is 44.6 Å². The van der Waals surface area contributed by atoms with Gasteiger partial charge in [-0.1, -0.05) is 24.3 Å². The van der Waals surface area contributed by atoms with Crippen LogP contribution in [0.1, 0.15) is 34.5 Å². The molecular formula is C24H32N6O4. The number of rotatable bonds is 8. The maximum atomic E-state index is 12.6. The molecule has 10 heteroatoms. The number of piperidine rings is 1. The second-order valence-corrected chi connectivity index (χ2v) is 8.86. The molecule has 2 aliphatic rings. The number of nitrogens with zero attached hydrogens (tertiary/aromatic N) is 4. The Labute approximate surface area is 199 Å². The lowest BCUT2D eigenvalue weighted by atomic mass is 10.00. The summed E-state index contributed by atoms with van der Waals surface area (Å²) in [6.07, 6.45) is 3.07. The van der Waals surface area contributed by atoms with Gasteiger partial charge in [0.1, 0.15) is 24.4 Å². The molecule has 1 atom stereocenters. The molecule has 1 aromatic heterocycles. The number of fused-ring (bicyclic) bond motifs is 1. The van der Waals surface area contributed by atoms with Gasteiger partial charge in [0.15, 0.2) is 0 Å². The molecule has 1 fully saturated rings. The summed E-state index contributed by atoms with van der Waals surface area (Å²) in [6.45, 7) is 2.98. The number of anilines is 1. The number of nitrogens with one attached hydrogen (secondary N) is 2. The van der Waals surface area contributed by atoms with Gasteiger partial charge >= 0.3 is 0 Å². The van der Waals surface area contributed by atoms with Crippen molar-refractivity contribution in [2.45, 2.75) is 38.0 Å². The number of likely N-dealkylation sites (tertiary alicyclic amines) is 1. The number of hydrogen-bond donors (Lipinski definition) is 4. The molecule has 0 radical (unpaired) electrons. The van der Waals surface area contributed by atoms with Crippen LogP contribution in [-0.2, 0) is 17.8 Å². The Hall–Kier alpha value is -3.08. The molecule has 0 unspecified atom stereocenters. The molecular weight excluding hydrogens is 436 g/mol. The zero-order valence-corrected chi connectivity index (χ0v) is 19.2. The summed E-state index contributed by atoms with van der Waals surface area (Å²) in [4.78, 5) is 36.3. The average molecular weight is 469 g/mol. The van der Waals surface area contributed by atoms with Gasteiger partial charge in [-0.3, -0.25) is 14.5 Å². The van der Waals surface area contributed by atoms with Crippen molar-refractivity contribution < 1.29 is 19.8 Å². The lowest BCUT2D eigenvalue weighted by Crippen LogP contribution is -2.43. The molecule has 0 spiro atoms. The molecule has 10 nitrogen and oxygen atoms in total. The molecule has 3 heterocycles. The third-order valence-electron chi connectivity index (χ3n) is 6.41. The van der Waals surface area contributed by atoms with Crippen LogP contribution in [0.2, 0.25) is 0 Å².